The van der Waals surface area contributed by atoms with Crippen LogP contribution in [-0.4, -0.2) is 55.0 Å². The Bertz CT molecular complexity index is 501. The van der Waals surface area contributed by atoms with Crippen LogP contribution in [0.5, 0.6) is 0 Å². The number of nitrogens with zero attached hydrogens (tertiary/aromatic N) is 2. The number of amides is 1. The molecule has 0 aromatic heterocycles. The first-order chi connectivity index (χ1) is 10.0. The Labute approximate surface area is 128 Å². The number of hydrogen-bond acceptors (Lipinski definition) is 3. The van der Waals surface area contributed by atoms with Crippen LogP contribution in [0.25, 0.3) is 0 Å². The normalized spacial score (nSPS) is 19.6. The zero-order valence-corrected chi connectivity index (χ0v) is 13.6. The smallest absolute Gasteiger partial charge is 0.256 e. The average Bonchev–Trinajstić information content (AvgIpc) is 2.48. The summed E-state index contributed by atoms with van der Waals surface area (Å²) in [7, 11) is 2.12. The maximum Gasteiger partial charge on any atom is 0.256 e. The SMILES string of the molecule is CCCNc1ccc(C)cc1C(=O)N1CCN(C)C(C)C1. The van der Waals surface area contributed by atoms with Crippen LogP contribution in [0.3, 0.4) is 0 Å². The Hall–Kier alpha value is -1.55. The van der Waals surface area contributed by atoms with Gasteiger partial charge in [-0.15, -0.1) is 0 Å². The predicted octanol–water partition coefficient (Wildman–Crippen LogP) is 2.59. The molecular weight excluding hydrogens is 262 g/mol. The fraction of sp³-hybridized carbons (Fsp3) is 0.588. The predicted molar refractivity (Wildman–Crippen MR) is 88.0 cm³/mol. The van der Waals surface area contributed by atoms with Crippen LogP contribution >= 0.6 is 0 Å². The van der Waals surface area contributed by atoms with Gasteiger partial charge in [0.2, 0.25) is 0 Å². The molecule has 1 aliphatic rings. The van der Waals surface area contributed by atoms with E-state index in [4.69, 9.17) is 0 Å². The van der Waals surface area contributed by atoms with Crippen LogP contribution in [0.4, 0.5) is 5.69 Å². The summed E-state index contributed by atoms with van der Waals surface area (Å²) >= 11 is 0. The number of carbonyl (C=O) groups is 1. The number of nitrogens with one attached hydrogen (secondary N) is 1. The lowest BCUT2D eigenvalue weighted by atomic mass is 10.1. The number of rotatable bonds is 4. The molecule has 1 aromatic rings. The molecule has 1 heterocycles. The van der Waals surface area contributed by atoms with Gasteiger partial charge in [-0.3, -0.25) is 4.79 Å². The fourth-order valence-corrected chi connectivity index (χ4v) is 2.65. The molecule has 1 unspecified atom stereocenters. The second kappa shape index (κ2) is 6.94. The van der Waals surface area contributed by atoms with Crippen molar-refractivity contribution in [2.24, 2.45) is 0 Å². The van der Waals surface area contributed by atoms with E-state index in [0.717, 1.165) is 49.4 Å². The summed E-state index contributed by atoms with van der Waals surface area (Å²) in [5, 5.41) is 3.37. The van der Waals surface area contributed by atoms with Gasteiger partial charge < -0.3 is 15.1 Å². The van der Waals surface area contributed by atoms with E-state index in [0.29, 0.717) is 6.04 Å². The molecule has 2 rings (SSSR count). The van der Waals surface area contributed by atoms with Crippen LogP contribution in [-0.2, 0) is 0 Å². The molecule has 1 amide bonds. The third-order valence-electron chi connectivity index (χ3n) is 4.22. The second-order valence-electron chi connectivity index (χ2n) is 6.06. The Balaban J connectivity index is 2.19. The van der Waals surface area contributed by atoms with E-state index in [-0.39, 0.29) is 5.91 Å². The van der Waals surface area contributed by atoms with Crippen LogP contribution < -0.4 is 5.32 Å². The molecular formula is C17H27N3O. The molecule has 0 radical (unpaired) electrons. The Kier molecular flexibility index (Phi) is 5.23. The minimum Gasteiger partial charge on any atom is -0.384 e. The van der Waals surface area contributed by atoms with Gasteiger partial charge in [0, 0.05) is 37.9 Å². The lowest BCUT2D eigenvalue weighted by molar-refractivity contribution is 0.0573. The molecule has 0 saturated carbocycles. The van der Waals surface area contributed by atoms with Crippen molar-refractivity contribution in [3.05, 3.63) is 29.3 Å². The molecule has 1 saturated heterocycles. The van der Waals surface area contributed by atoms with E-state index >= 15 is 0 Å². The molecule has 1 fully saturated rings. The van der Waals surface area contributed by atoms with Gasteiger partial charge in [-0.1, -0.05) is 18.6 Å². The Morgan fingerprint density at radius 2 is 2.14 bits per heavy atom. The van der Waals surface area contributed by atoms with Gasteiger partial charge in [-0.05, 0) is 39.4 Å². The van der Waals surface area contributed by atoms with Gasteiger partial charge in [0.05, 0.1) is 5.56 Å². The standard InChI is InChI=1S/C17H27N3O/c1-5-8-18-16-7-6-13(2)11-15(16)17(21)20-10-9-19(4)14(3)12-20/h6-7,11,14,18H,5,8-10,12H2,1-4H3. The molecule has 1 aromatic carbocycles. The lowest BCUT2D eigenvalue weighted by Gasteiger charge is -2.38. The number of carbonyl (C=O) groups excluding carboxylic acids is 1. The monoisotopic (exact) mass is 289 g/mol. The summed E-state index contributed by atoms with van der Waals surface area (Å²) in [5.41, 5.74) is 2.89. The first kappa shape index (κ1) is 15.8. The highest BCUT2D eigenvalue weighted by Crippen LogP contribution is 2.21. The highest BCUT2D eigenvalue weighted by molar-refractivity contribution is 6.00. The number of anilines is 1. The summed E-state index contributed by atoms with van der Waals surface area (Å²) in [4.78, 5) is 17.1. The number of likely N-dealkylation sites (N-methyl/N-ethyl adjacent to an activating group) is 1. The second-order valence-corrected chi connectivity index (χ2v) is 6.06. The summed E-state index contributed by atoms with van der Waals surface area (Å²) in [6.07, 6.45) is 1.05. The summed E-state index contributed by atoms with van der Waals surface area (Å²) in [5.74, 6) is 0.150. The molecule has 1 N–H and O–H groups in total. The highest BCUT2D eigenvalue weighted by atomic mass is 16.2. The number of hydrogen-bond donors (Lipinski definition) is 1. The van der Waals surface area contributed by atoms with Crippen LogP contribution in [0, 0.1) is 6.92 Å². The topological polar surface area (TPSA) is 35.6 Å². The summed E-state index contributed by atoms with van der Waals surface area (Å²) in [6, 6.07) is 6.50. The van der Waals surface area contributed by atoms with E-state index in [9.17, 15) is 4.79 Å². The number of aryl methyl sites for hydroxylation is 1. The first-order valence-electron chi connectivity index (χ1n) is 7.87. The van der Waals surface area contributed by atoms with Crippen LogP contribution in [0.1, 0.15) is 36.2 Å². The minimum atomic E-state index is 0.150. The van der Waals surface area contributed by atoms with E-state index in [1.807, 2.05) is 24.0 Å². The molecule has 4 nitrogen and oxygen atoms in total. The van der Waals surface area contributed by atoms with E-state index in [2.05, 4.69) is 37.2 Å². The van der Waals surface area contributed by atoms with Crippen molar-refractivity contribution in [1.29, 1.82) is 0 Å². The maximum absolute atomic E-state index is 12.9. The van der Waals surface area contributed by atoms with Gasteiger partial charge in [-0.25, -0.2) is 0 Å². The van der Waals surface area contributed by atoms with E-state index in [1.54, 1.807) is 0 Å². The van der Waals surface area contributed by atoms with Gasteiger partial charge in [0.1, 0.15) is 0 Å². The van der Waals surface area contributed by atoms with Crippen LogP contribution in [0.2, 0.25) is 0 Å². The summed E-state index contributed by atoms with van der Waals surface area (Å²) < 4.78 is 0. The third-order valence-corrected chi connectivity index (χ3v) is 4.22. The molecule has 0 bridgehead atoms. The molecule has 1 aliphatic heterocycles. The number of benzene rings is 1. The van der Waals surface area contributed by atoms with Gasteiger partial charge in [0.15, 0.2) is 0 Å². The molecule has 0 spiro atoms. The van der Waals surface area contributed by atoms with Crippen LogP contribution in [0.15, 0.2) is 18.2 Å². The van der Waals surface area contributed by atoms with Gasteiger partial charge in [-0.2, -0.15) is 0 Å². The fourth-order valence-electron chi connectivity index (χ4n) is 2.65. The van der Waals surface area contributed by atoms with Crippen molar-refractivity contribution >= 4 is 11.6 Å². The average molecular weight is 289 g/mol. The summed E-state index contributed by atoms with van der Waals surface area (Å²) in [6.45, 7) is 9.78. The zero-order chi connectivity index (χ0) is 15.4. The molecule has 0 aliphatic carbocycles. The third kappa shape index (κ3) is 3.76. The quantitative estimate of drug-likeness (QED) is 0.925. The largest absolute Gasteiger partial charge is 0.384 e. The maximum atomic E-state index is 12.9. The molecule has 21 heavy (non-hydrogen) atoms. The van der Waals surface area contributed by atoms with Crippen molar-refractivity contribution in [3.63, 3.8) is 0 Å². The lowest BCUT2D eigenvalue weighted by Crippen LogP contribution is -2.52. The Morgan fingerprint density at radius 1 is 1.38 bits per heavy atom. The molecule has 1 atom stereocenters. The van der Waals surface area contributed by atoms with Crippen molar-refractivity contribution in [1.82, 2.24) is 9.80 Å². The minimum absolute atomic E-state index is 0.150. The van der Waals surface area contributed by atoms with Gasteiger partial charge >= 0.3 is 0 Å². The molecule has 116 valence electrons. The van der Waals surface area contributed by atoms with Crippen molar-refractivity contribution in [2.45, 2.75) is 33.2 Å². The van der Waals surface area contributed by atoms with Gasteiger partial charge in [0.25, 0.3) is 5.91 Å². The first-order valence-corrected chi connectivity index (χ1v) is 7.87. The highest BCUT2D eigenvalue weighted by Gasteiger charge is 2.26. The van der Waals surface area contributed by atoms with E-state index < -0.39 is 0 Å². The van der Waals surface area contributed by atoms with Crippen molar-refractivity contribution < 1.29 is 4.79 Å². The number of piperazine rings is 1. The van der Waals surface area contributed by atoms with Crippen molar-refractivity contribution in [2.75, 3.05) is 38.5 Å². The van der Waals surface area contributed by atoms with Crippen molar-refractivity contribution in [3.8, 4) is 0 Å². The van der Waals surface area contributed by atoms with E-state index in [1.165, 1.54) is 0 Å². The molecule has 4 heteroatoms. The zero-order valence-electron chi connectivity index (χ0n) is 13.6. The Morgan fingerprint density at radius 3 is 2.81 bits per heavy atom.